The zero-order valence-corrected chi connectivity index (χ0v) is 16.5. The molecule has 29 heavy (non-hydrogen) atoms. The molecular weight excluding hydrogens is 376 g/mol. The van der Waals surface area contributed by atoms with Gasteiger partial charge in [0, 0.05) is 35.3 Å². The lowest BCUT2D eigenvalue weighted by Crippen LogP contribution is -2.09. The number of fused-ring (bicyclic) bond motifs is 1. The zero-order chi connectivity index (χ0) is 20.8. The molecule has 0 aliphatic heterocycles. The van der Waals surface area contributed by atoms with Crippen LogP contribution in [0.25, 0.3) is 11.0 Å². The second kappa shape index (κ2) is 9.25. The number of carbonyl (C=O) groups is 1. The van der Waals surface area contributed by atoms with Gasteiger partial charge in [-0.2, -0.15) is 0 Å². The number of esters is 1. The standard InChI is InChI=1S/C22H22O7/c1-4-27-12-16-9-14(5-8-19(16)26-3)22(24)28-13-15-10-21(23)29-20-11-17(25-2)6-7-18(15)20/h5-11H,4,12-13H2,1-3H3. The Morgan fingerprint density at radius 3 is 2.52 bits per heavy atom. The largest absolute Gasteiger partial charge is 0.497 e. The Bertz CT molecular complexity index is 1070. The van der Waals surface area contributed by atoms with Crippen LogP contribution >= 0.6 is 0 Å². The highest BCUT2D eigenvalue weighted by Crippen LogP contribution is 2.24. The van der Waals surface area contributed by atoms with E-state index >= 15 is 0 Å². The molecule has 0 aliphatic rings. The maximum Gasteiger partial charge on any atom is 0.338 e. The molecule has 3 aromatic rings. The number of rotatable bonds is 8. The number of ether oxygens (including phenoxy) is 4. The van der Waals surface area contributed by atoms with Crippen LogP contribution in [-0.4, -0.2) is 26.8 Å². The van der Waals surface area contributed by atoms with Crippen molar-refractivity contribution in [1.29, 1.82) is 0 Å². The third-order valence-electron chi connectivity index (χ3n) is 4.37. The highest BCUT2D eigenvalue weighted by atomic mass is 16.5. The van der Waals surface area contributed by atoms with Crippen LogP contribution in [-0.2, 0) is 22.7 Å². The second-order valence-corrected chi connectivity index (χ2v) is 6.19. The van der Waals surface area contributed by atoms with E-state index in [9.17, 15) is 9.59 Å². The van der Waals surface area contributed by atoms with Crippen molar-refractivity contribution >= 4 is 16.9 Å². The molecule has 0 fully saturated rings. The van der Waals surface area contributed by atoms with Gasteiger partial charge in [0.2, 0.25) is 0 Å². The van der Waals surface area contributed by atoms with Crippen LogP contribution < -0.4 is 15.1 Å². The molecule has 0 radical (unpaired) electrons. The topological polar surface area (TPSA) is 84.2 Å². The maximum atomic E-state index is 12.5. The molecule has 0 saturated heterocycles. The first-order valence-corrected chi connectivity index (χ1v) is 9.08. The van der Waals surface area contributed by atoms with Gasteiger partial charge < -0.3 is 23.4 Å². The summed E-state index contributed by atoms with van der Waals surface area (Å²) in [6.07, 6.45) is 0. The minimum absolute atomic E-state index is 0.0694. The van der Waals surface area contributed by atoms with Gasteiger partial charge in [-0.25, -0.2) is 9.59 Å². The lowest BCUT2D eigenvalue weighted by atomic mass is 10.1. The van der Waals surface area contributed by atoms with E-state index in [0.717, 1.165) is 5.56 Å². The molecule has 7 heteroatoms. The van der Waals surface area contributed by atoms with Gasteiger partial charge in [-0.15, -0.1) is 0 Å². The van der Waals surface area contributed by atoms with Crippen LogP contribution in [0.5, 0.6) is 11.5 Å². The molecule has 1 heterocycles. The molecule has 0 aliphatic carbocycles. The smallest absolute Gasteiger partial charge is 0.338 e. The fourth-order valence-electron chi connectivity index (χ4n) is 2.91. The lowest BCUT2D eigenvalue weighted by Gasteiger charge is -2.11. The van der Waals surface area contributed by atoms with Crippen LogP contribution in [0.2, 0.25) is 0 Å². The second-order valence-electron chi connectivity index (χ2n) is 6.19. The van der Waals surface area contributed by atoms with Crippen LogP contribution in [0.3, 0.4) is 0 Å². The third kappa shape index (κ3) is 4.75. The quantitative estimate of drug-likeness (QED) is 0.422. The Labute approximate surface area is 167 Å². The Morgan fingerprint density at radius 1 is 0.966 bits per heavy atom. The summed E-state index contributed by atoms with van der Waals surface area (Å²) in [5.74, 6) is 0.686. The van der Waals surface area contributed by atoms with E-state index in [1.165, 1.54) is 13.2 Å². The molecule has 3 rings (SSSR count). The molecule has 1 aromatic heterocycles. The molecule has 0 saturated carbocycles. The van der Waals surface area contributed by atoms with Crippen molar-refractivity contribution in [2.45, 2.75) is 20.1 Å². The number of benzene rings is 2. The summed E-state index contributed by atoms with van der Waals surface area (Å²) in [6.45, 7) is 2.69. The minimum Gasteiger partial charge on any atom is -0.497 e. The maximum absolute atomic E-state index is 12.5. The summed E-state index contributed by atoms with van der Waals surface area (Å²) in [4.78, 5) is 24.4. The SMILES string of the molecule is CCOCc1cc(C(=O)OCc2cc(=O)oc3cc(OC)ccc23)ccc1OC. The van der Waals surface area contributed by atoms with E-state index < -0.39 is 11.6 Å². The first-order valence-electron chi connectivity index (χ1n) is 9.08. The van der Waals surface area contributed by atoms with E-state index in [0.29, 0.717) is 46.8 Å². The number of carbonyl (C=O) groups excluding carboxylic acids is 1. The normalized spacial score (nSPS) is 10.7. The Hall–Kier alpha value is -3.32. The van der Waals surface area contributed by atoms with E-state index in [-0.39, 0.29) is 6.61 Å². The molecule has 0 spiro atoms. The number of methoxy groups -OCH3 is 2. The summed E-state index contributed by atoms with van der Waals surface area (Å²) in [7, 11) is 3.09. The van der Waals surface area contributed by atoms with Crippen LogP contribution in [0, 0.1) is 0 Å². The van der Waals surface area contributed by atoms with Gasteiger partial charge in [0.05, 0.1) is 26.4 Å². The number of hydrogen-bond acceptors (Lipinski definition) is 7. The van der Waals surface area contributed by atoms with Gasteiger partial charge in [0.1, 0.15) is 23.7 Å². The van der Waals surface area contributed by atoms with E-state index in [1.54, 1.807) is 43.5 Å². The Balaban J connectivity index is 1.81. The lowest BCUT2D eigenvalue weighted by molar-refractivity contribution is 0.0473. The van der Waals surface area contributed by atoms with Gasteiger partial charge >= 0.3 is 11.6 Å². The molecule has 2 aromatic carbocycles. The first kappa shape index (κ1) is 20.4. The van der Waals surface area contributed by atoms with Crippen molar-refractivity contribution in [3.63, 3.8) is 0 Å². The highest BCUT2D eigenvalue weighted by Gasteiger charge is 2.14. The Morgan fingerprint density at radius 2 is 1.79 bits per heavy atom. The van der Waals surface area contributed by atoms with Gasteiger partial charge in [-0.3, -0.25) is 0 Å². The fraction of sp³-hybridized carbons (Fsp3) is 0.273. The van der Waals surface area contributed by atoms with Gasteiger partial charge in [-0.05, 0) is 37.3 Å². The molecular formula is C22H22O7. The summed E-state index contributed by atoms with van der Waals surface area (Å²) >= 11 is 0. The monoisotopic (exact) mass is 398 g/mol. The Kier molecular flexibility index (Phi) is 6.51. The van der Waals surface area contributed by atoms with Crippen LogP contribution in [0.1, 0.15) is 28.4 Å². The minimum atomic E-state index is -0.528. The summed E-state index contributed by atoms with van der Waals surface area (Å²) in [5, 5.41) is 0.671. The molecule has 0 unspecified atom stereocenters. The molecule has 0 N–H and O–H groups in total. The van der Waals surface area contributed by atoms with E-state index in [2.05, 4.69) is 0 Å². The fourth-order valence-corrected chi connectivity index (χ4v) is 2.91. The van der Waals surface area contributed by atoms with Gasteiger partial charge in [0.15, 0.2) is 0 Å². The van der Waals surface area contributed by atoms with Crippen LogP contribution in [0.15, 0.2) is 51.7 Å². The predicted molar refractivity (Wildman–Crippen MR) is 106 cm³/mol. The van der Waals surface area contributed by atoms with E-state index in [4.69, 9.17) is 23.4 Å². The first-order chi connectivity index (χ1) is 14.0. The van der Waals surface area contributed by atoms with Crippen molar-refractivity contribution in [1.82, 2.24) is 0 Å². The van der Waals surface area contributed by atoms with Crippen molar-refractivity contribution in [3.8, 4) is 11.5 Å². The average Bonchev–Trinajstić information content (AvgIpc) is 2.74. The summed E-state index contributed by atoms with van der Waals surface area (Å²) in [6, 6.07) is 11.4. The average molecular weight is 398 g/mol. The van der Waals surface area contributed by atoms with Crippen molar-refractivity contribution in [2.75, 3.05) is 20.8 Å². The van der Waals surface area contributed by atoms with Crippen molar-refractivity contribution in [3.05, 3.63) is 69.6 Å². The van der Waals surface area contributed by atoms with E-state index in [1.807, 2.05) is 6.92 Å². The van der Waals surface area contributed by atoms with Gasteiger partial charge in [0.25, 0.3) is 0 Å². The molecule has 0 amide bonds. The zero-order valence-electron chi connectivity index (χ0n) is 16.5. The summed E-state index contributed by atoms with van der Waals surface area (Å²) < 4.78 is 26.5. The number of hydrogen-bond donors (Lipinski definition) is 0. The molecule has 152 valence electrons. The summed E-state index contributed by atoms with van der Waals surface area (Å²) in [5.41, 5.74) is 1.51. The van der Waals surface area contributed by atoms with Crippen molar-refractivity contribution in [2.24, 2.45) is 0 Å². The third-order valence-corrected chi connectivity index (χ3v) is 4.37. The molecule has 0 atom stereocenters. The van der Waals surface area contributed by atoms with Gasteiger partial charge in [-0.1, -0.05) is 0 Å². The highest BCUT2D eigenvalue weighted by molar-refractivity contribution is 5.90. The predicted octanol–water partition coefficient (Wildman–Crippen LogP) is 3.70. The van der Waals surface area contributed by atoms with Crippen molar-refractivity contribution < 1.29 is 28.2 Å². The van der Waals surface area contributed by atoms with Crippen LogP contribution in [0.4, 0.5) is 0 Å². The molecule has 7 nitrogen and oxygen atoms in total. The molecule has 0 bridgehead atoms.